The van der Waals surface area contributed by atoms with Gasteiger partial charge in [0.1, 0.15) is 5.82 Å². The smallest absolute Gasteiger partial charge is 0.253 e. The molecule has 166 valence electrons. The van der Waals surface area contributed by atoms with E-state index in [-0.39, 0.29) is 17.7 Å². The van der Waals surface area contributed by atoms with Gasteiger partial charge in [-0.2, -0.15) is 0 Å². The fraction of sp³-hybridized carbons (Fsp3) is 0.423. The summed E-state index contributed by atoms with van der Waals surface area (Å²) in [5.41, 5.74) is 5.00. The topological polar surface area (TPSA) is 67.2 Å². The number of carbonyl (C=O) groups excluding carboxylic acids is 2. The lowest BCUT2D eigenvalue weighted by Crippen LogP contribution is -2.45. The highest BCUT2D eigenvalue weighted by atomic mass is 16.2. The van der Waals surface area contributed by atoms with Crippen molar-refractivity contribution in [1.82, 2.24) is 19.8 Å². The molecule has 6 heteroatoms. The first-order valence-corrected chi connectivity index (χ1v) is 11.6. The molecular formula is C26H30N4O2. The summed E-state index contributed by atoms with van der Waals surface area (Å²) in [6, 6.07) is 13.9. The Kier molecular flexibility index (Phi) is 5.45. The number of amides is 2. The van der Waals surface area contributed by atoms with Gasteiger partial charge in [-0.25, -0.2) is 4.98 Å². The van der Waals surface area contributed by atoms with E-state index in [1.807, 2.05) is 36.1 Å². The monoisotopic (exact) mass is 430 g/mol. The van der Waals surface area contributed by atoms with E-state index in [9.17, 15) is 9.59 Å². The molecule has 0 spiro atoms. The van der Waals surface area contributed by atoms with E-state index < -0.39 is 0 Å². The number of carbonyl (C=O) groups is 2. The number of hydrogen-bond donors (Lipinski definition) is 1. The van der Waals surface area contributed by atoms with Gasteiger partial charge in [0.05, 0.1) is 17.0 Å². The maximum absolute atomic E-state index is 12.9. The van der Waals surface area contributed by atoms with Crippen LogP contribution in [0.5, 0.6) is 0 Å². The summed E-state index contributed by atoms with van der Waals surface area (Å²) in [5, 5.41) is 3.09. The Labute approximate surface area is 188 Å². The molecule has 2 amide bonds. The highest BCUT2D eigenvalue weighted by Crippen LogP contribution is 2.40. The average molecular weight is 431 g/mol. The van der Waals surface area contributed by atoms with Crippen LogP contribution in [0.1, 0.15) is 58.9 Å². The average Bonchev–Trinajstić information content (AvgIpc) is 3.61. The Balaban J connectivity index is 1.21. The van der Waals surface area contributed by atoms with Crippen molar-refractivity contribution >= 4 is 22.8 Å². The van der Waals surface area contributed by atoms with E-state index in [1.165, 1.54) is 18.7 Å². The standard InChI is InChI=1S/C26H30N4O2/c1-17-5-8-20(9-6-17)26(32)30-13-3-4-21(16-30)25(31)27-15-18-7-12-23-22(14-18)28-24(29(23)2)19-10-11-19/h5-9,12,14,19,21H,3-4,10-11,13,15-16H2,1-2H3,(H,27,31). The van der Waals surface area contributed by atoms with Gasteiger partial charge in [0.25, 0.3) is 5.91 Å². The lowest BCUT2D eigenvalue weighted by Gasteiger charge is -2.32. The van der Waals surface area contributed by atoms with Crippen LogP contribution in [0.2, 0.25) is 0 Å². The summed E-state index contributed by atoms with van der Waals surface area (Å²) >= 11 is 0. The van der Waals surface area contributed by atoms with Gasteiger partial charge in [0, 0.05) is 38.2 Å². The Morgan fingerprint density at radius 3 is 2.62 bits per heavy atom. The van der Waals surface area contributed by atoms with Crippen molar-refractivity contribution in [1.29, 1.82) is 0 Å². The van der Waals surface area contributed by atoms with Crippen LogP contribution in [-0.4, -0.2) is 39.4 Å². The summed E-state index contributed by atoms with van der Waals surface area (Å²) in [6.07, 6.45) is 4.11. The number of hydrogen-bond acceptors (Lipinski definition) is 3. The van der Waals surface area contributed by atoms with E-state index in [2.05, 4.69) is 35.1 Å². The molecule has 1 saturated heterocycles. The number of nitrogens with zero attached hydrogens (tertiary/aromatic N) is 3. The van der Waals surface area contributed by atoms with Crippen molar-refractivity contribution in [2.45, 2.75) is 45.1 Å². The lowest BCUT2D eigenvalue weighted by molar-refractivity contribution is -0.126. The number of rotatable bonds is 5. The molecule has 3 aromatic rings. The Morgan fingerprint density at radius 1 is 1.09 bits per heavy atom. The van der Waals surface area contributed by atoms with Crippen molar-refractivity contribution < 1.29 is 9.59 Å². The molecule has 0 bridgehead atoms. The molecule has 1 aliphatic carbocycles. The second kappa shape index (κ2) is 8.41. The summed E-state index contributed by atoms with van der Waals surface area (Å²) in [7, 11) is 2.08. The largest absolute Gasteiger partial charge is 0.352 e. The second-order valence-corrected chi connectivity index (χ2v) is 9.30. The molecule has 6 nitrogen and oxygen atoms in total. The van der Waals surface area contributed by atoms with Crippen molar-refractivity contribution in [3.05, 3.63) is 65.0 Å². The van der Waals surface area contributed by atoms with Crippen LogP contribution < -0.4 is 5.32 Å². The molecule has 1 N–H and O–H groups in total. The first-order chi connectivity index (χ1) is 15.5. The molecule has 2 aromatic carbocycles. The lowest BCUT2D eigenvalue weighted by atomic mass is 9.96. The SMILES string of the molecule is Cc1ccc(C(=O)N2CCCC(C(=O)NCc3ccc4c(c3)nc(C3CC3)n4C)C2)cc1. The number of nitrogens with one attached hydrogen (secondary N) is 1. The number of fused-ring (bicyclic) bond motifs is 1. The van der Waals surface area contributed by atoms with Crippen molar-refractivity contribution in [3.63, 3.8) is 0 Å². The third kappa shape index (κ3) is 4.14. The predicted molar refractivity (Wildman–Crippen MR) is 124 cm³/mol. The molecule has 2 fully saturated rings. The maximum atomic E-state index is 12.9. The Morgan fingerprint density at radius 2 is 1.88 bits per heavy atom. The van der Waals surface area contributed by atoms with Crippen LogP contribution in [0.3, 0.4) is 0 Å². The minimum atomic E-state index is -0.168. The van der Waals surface area contributed by atoms with Crippen LogP contribution in [0, 0.1) is 12.8 Å². The van der Waals surface area contributed by atoms with Crippen LogP contribution in [-0.2, 0) is 18.4 Å². The van der Waals surface area contributed by atoms with E-state index in [1.54, 1.807) is 0 Å². The predicted octanol–water partition coefficient (Wildman–Crippen LogP) is 3.93. The second-order valence-electron chi connectivity index (χ2n) is 9.30. The van der Waals surface area contributed by atoms with Gasteiger partial charge in [0.15, 0.2) is 0 Å². The van der Waals surface area contributed by atoms with Gasteiger partial charge >= 0.3 is 0 Å². The highest BCUT2D eigenvalue weighted by molar-refractivity contribution is 5.94. The molecule has 2 heterocycles. The minimum absolute atomic E-state index is 0.00886. The number of imidazole rings is 1. The molecular weight excluding hydrogens is 400 g/mol. The van der Waals surface area contributed by atoms with Crippen molar-refractivity contribution in [3.8, 4) is 0 Å². The molecule has 1 aromatic heterocycles. The molecule has 1 aliphatic heterocycles. The normalized spacial score (nSPS) is 18.7. The molecule has 32 heavy (non-hydrogen) atoms. The van der Waals surface area contributed by atoms with Gasteiger partial charge in [-0.3, -0.25) is 9.59 Å². The zero-order valence-electron chi connectivity index (χ0n) is 18.8. The van der Waals surface area contributed by atoms with Crippen molar-refractivity contribution in [2.24, 2.45) is 13.0 Å². The third-order valence-electron chi connectivity index (χ3n) is 6.77. The van der Waals surface area contributed by atoms with Gasteiger partial charge in [-0.1, -0.05) is 23.8 Å². The van der Waals surface area contributed by atoms with E-state index in [0.29, 0.717) is 31.1 Å². The van der Waals surface area contributed by atoms with E-state index >= 15 is 0 Å². The molecule has 0 radical (unpaired) electrons. The molecule has 1 saturated carbocycles. The Hall–Kier alpha value is -3.15. The minimum Gasteiger partial charge on any atom is -0.352 e. The summed E-state index contributed by atoms with van der Waals surface area (Å²) in [6.45, 7) is 3.67. The van der Waals surface area contributed by atoms with E-state index in [4.69, 9.17) is 4.98 Å². The number of likely N-dealkylation sites (tertiary alicyclic amines) is 1. The molecule has 5 rings (SSSR count). The van der Waals surface area contributed by atoms with Crippen molar-refractivity contribution in [2.75, 3.05) is 13.1 Å². The fourth-order valence-corrected chi connectivity index (χ4v) is 4.67. The molecule has 2 aliphatic rings. The number of benzene rings is 2. The van der Waals surface area contributed by atoms with Crippen LogP contribution in [0.25, 0.3) is 11.0 Å². The molecule has 1 atom stereocenters. The zero-order chi connectivity index (χ0) is 22.2. The number of piperidine rings is 1. The number of aryl methyl sites for hydroxylation is 2. The number of aromatic nitrogens is 2. The summed E-state index contributed by atoms with van der Waals surface area (Å²) < 4.78 is 2.19. The molecule has 1 unspecified atom stereocenters. The maximum Gasteiger partial charge on any atom is 0.253 e. The van der Waals surface area contributed by atoms with Crippen LogP contribution >= 0.6 is 0 Å². The summed E-state index contributed by atoms with van der Waals surface area (Å²) in [5.74, 6) is 1.63. The zero-order valence-corrected chi connectivity index (χ0v) is 18.8. The van der Waals surface area contributed by atoms with Crippen LogP contribution in [0.15, 0.2) is 42.5 Å². The first-order valence-electron chi connectivity index (χ1n) is 11.6. The highest BCUT2D eigenvalue weighted by Gasteiger charge is 2.30. The quantitative estimate of drug-likeness (QED) is 0.667. The third-order valence-corrected chi connectivity index (χ3v) is 6.77. The van der Waals surface area contributed by atoms with Gasteiger partial charge in [-0.15, -0.1) is 0 Å². The van der Waals surface area contributed by atoms with Crippen LogP contribution in [0.4, 0.5) is 0 Å². The first kappa shape index (κ1) is 20.7. The van der Waals surface area contributed by atoms with Gasteiger partial charge < -0.3 is 14.8 Å². The van der Waals surface area contributed by atoms with Gasteiger partial charge in [-0.05, 0) is 62.4 Å². The van der Waals surface area contributed by atoms with Gasteiger partial charge in [0.2, 0.25) is 5.91 Å². The Bertz CT molecular complexity index is 1160. The summed E-state index contributed by atoms with van der Waals surface area (Å²) in [4.78, 5) is 32.4. The fourth-order valence-electron chi connectivity index (χ4n) is 4.67. The van der Waals surface area contributed by atoms with E-state index in [0.717, 1.165) is 35.0 Å².